The second kappa shape index (κ2) is 6.04. The highest BCUT2D eigenvalue weighted by molar-refractivity contribution is 7.89. The van der Waals surface area contributed by atoms with E-state index in [1.54, 1.807) is 52.0 Å². The molecule has 6 heteroatoms. The van der Waals surface area contributed by atoms with Crippen molar-refractivity contribution in [2.24, 2.45) is 0 Å². The fraction of sp³-hybridized carbons (Fsp3) is 0.600. The van der Waals surface area contributed by atoms with Gasteiger partial charge in [0.1, 0.15) is 0 Å². The lowest BCUT2D eigenvalue weighted by molar-refractivity contribution is 0.00639. The monoisotopic (exact) mass is 314 g/mol. The maximum absolute atomic E-state index is 12.4. The van der Waals surface area contributed by atoms with Crippen LogP contribution in [0.3, 0.4) is 0 Å². The van der Waals surface area contributed by atoms with Crippen molar-refractivity contribution in [3.63, 3.8) is 0 Å². The molecule has 1 aromatic carbocycles. The largest absolute Gasteiger partial charge is 0.389 e. The summed E-state index contributed by atoms with van der Waals surface area (Å²) in [6.07, 6.45) is 0. The van der Waals surface area contributed by atoms with Crippen molar-refractivity contribution in [3.05, 3.63) is 29.8 Å². The van der Waals surface area contributed by atoms with Crippen LogP contribution in [0.4, 0.5) is 0 Å². The van der Waals surface area contributed by atoms with E-state index in [0.29, 0.717) is 0 Å². The minimum absolute atomic E-state index is 0.197. The first kappa shape index (κ1) is 18.1. The zero-order valence-corrected chi connectivity index (χ0v) is 14.5. The van der Waals surface area contributed by atoms with E-state index in [4.69, 9.17) is 0 Å². The number of benzene rings is 1. The summed E-state index contributed by atoms with van der Waals surface area (Å²) >= 11 is 0. The molecule has 0 aromatic heterocycles. The summed E-state index contributed by atoms with van der Waals surface area (Å²) in [7, 11) is 0.243. The minimum Gasteiger partial charge on any atom is -0.389 e. The maximum atomic E-state index is 12.4. The Labute approximate surface area is 128 Å². The van der Waals surface area contributed by atoms with Crippen LogP contribution < -0.4 is 4.72 Å². The smallest absolute Gasteiger partial charge is 0.241 e. The highest BCUT2D eigenvalue weighted by Gasteiger charge is 2.38. The lowest BCUT2D eigenvalue weighted by Gasteiger charge is -2.37. The Bertz CT molecular complexity index is 570. The van der Waals surface area contributed by atoms with E-state index in [0.717, 1.165) is 12.1 Å². The molecule has 0 aliphatic heterocycles. The fourth-order valence-corrected chi connectivity index (χ4v) is 3.19. The molecule has 0 saturated carbocycles. The molecule has 1 rings (SSSR count). The van der Waals surface area contributed by atoms with Crippen molar-refractivity contribution in [2.45, 2.75) is 50.3 Å². The Hall–Kier alpha value is -0.950. The molecule has 0 unspecified atom stereocenters. The van der Waals surface area contributed by atoms with E-state index < -0.39 is 21.2 Å². The van der Waals surface area contributed by atoms with E-state index in [1.807, 2.05) is 19.0 Å². The highest BCUT2D eigenvalue weighted by atomic mass is 32.2. The third kappa shape index (κ3) is 4.78. The van der Waals surface area contributed by atoms with Crippen LogP contribution in [0.15, 0.2) is 29.2 Å². The molecule has 1 aromatic rings. The van der Waals surface area contributed by atoms with Crippen LogP contribution in [0.25, 0.3) is 0 Å². The summed E-state index contributed by atoms with van der Waals surface area (Å²) in [6.45, 7) is 7.23. The van der Waals surface area contributed by atoms with E-state index in [-0.39, 0.29) is 4.90 Å². The lowest BCUT2D eigenvalue weighted by atomic mass is 9.87. The first-order chi connectivity index (χ1) is 9.35. The molecule has 0 atom stereocenters. The molecule has 0 saturated heterocycles. The molecule has 0 aliphatic rings. The molecule has 0 heterocycles. The average Bonchev–Trinajstić information content (AvgIpc) is 2.25. The SMILES string of the molecule is CN(C)Cc1ccc(S(=O)(=O)NC(C)(C)C(C)(C)O)cc1. The van der Waals surface area contributed by atoms with Gasteiger partial charge in [-0.1, -0.05) is 12.1 Å². The van der Waals surface area contributed by atoms with Crippen molar-refractivity contribution in [1.29, 1.82) is 0 Å². The van der Waals surface area contributed by atoms with Crippen LogP contribution in [0.5, 0.6) is 0 Å². The van der Waals surface area contributed by atoms with Gasteiger partial charge in [-0.3, -0.25) is 0 Å². The summed E-state index contributed by atoms with van der Waals surface area (Å²) in [6, 6.07) is 6.76. The van der Waals surface area contributed by atoms with Gasteiger partial charge in [-0.2, -0.15) is 0 Å². The van der Waals surface area contributed by atoms with Crippen molar-refractivity contribution in [2.75, 3.05) is 14.1 Å². The minimum atomic E-state index is -3.67. The van der Waals surface area contributed by atoms with Crippen LogP contribution in [0.2, 0.25) is 0 Å². The first-order valence-electron chi connectivity index (χ1n) is 6.85. The van der Waals surface area contributed by atoms with Gasteiger partial charge in [-0.15, -0.1) is 0 Å². The van der Waals surface area contributed by atoms with Crippen LogP contribution in [0, 0.1) is 0 Å². The van der Waals surface area contributed by atoms with Crippen molar-refractivity contribution < 1.29 is 13.5 Å². The number of nitrogens with one attached hydrogen (secondary N) is 1. The van der Waals surface area contributed by atoms with Gasteiger partial charge in [0.25, 0.3) is 0 Å². The van der Waals surface area contributed by atoms with Gasteiger partial charge in [-0.05, 0) is 59.5 Å². The maximum Gasteiger partial charge on any atom is 0.241 e. The molecule has 0 radical (unpaired) electrons. The predicted octanol–water partition coefficient (Wildman–Crippen LogP) is 1.58. The highest BCUT2D eigenvalue weighted by Crippen LogP contribution is 2.23. The Morgan fingerprint density at radius 2 is 1.57 bits per heavy atom. The Balaban J connectivity index is 2.99. The number of sulfonamides is 1. The normalized spacial score (nSPS) is 13.7. The molecule has 0 fully saturated rings. The standard InChI is InChI=1S/C15H26N2O3S/c1-14(2,15(3,4)18)16-21(19,20)13-9-7-12(8-10-13)11-17(5)6/h7-10,16,18H,11H2,1-6H3. The van der Waals surface area contributed by atoms with Gasteiger partial charge >= 0.3 is 0 Å². The Kier molecular flexibility index (Phi) is 5.21. The molecule has 2 N–H and O–H groups in total. The average molecular weight is 314 g/mol. The number of hydrogen-bond donors (Lipinski definition) is 2. The van der Waals surface area contributed by atoms with E-state index in [2.05, 4.69) is 4.72 Å². The van der Waals surface area contributed by atoms with Gasteiger partial charge in [0, 0.05) is 6.54 Å². The molecule has 21 heavy (non-hydrogen) atoms. The van der Waals surface area contributed by atoms with Gasteiger partial charge < -0.3 is 10.0 Å². The number of aliphatic hydroxyl groups is 1. The number of nitrogens with zero attached hydrogens (tertiary/aromatic N) is 1. The second-order valence-corrected chi connectivity index (χ2v) is 8.35. The van der Waals surface area contributed by atoms with Crippen LogP contribution in [-0.2, 0) is 16.6 Å². The van der Waals surface area contributed by atoms with E-state index in [1.165, 1.54) is 0 Å². The molecule has 0 aliphatic carbocycles. The molecule has 0 amide bonds. The van der Waals surface area contributed by atoms with Gasteiger partial charge in [0.05, 0.1) is 16.0 Å². The van der Waals surface area contributed by atoms with Gasteiger partial charge in [-0.25, -0.2) is 13.1 Å². The Morgan fingerprint density at radius 3 is 1.95 bits per heavy atom. The van der Waals surface area contributed by atoms with Crippen LogP contribution >= 0.6 is 0 Å². The zero-order valence-electron chi connectivity index (χ0n) is 13.6. The number of rotatable bonds is 6. The molecule has 5 nitrogen and oxygen atoms in total. The summed E-state index contributed by atoms with van der Waals surface area (Å²) in [4.78, 5) is 2.21. The lowest BCUT2D eigenvalue weighted by Crippen LogP contribution is -2.57. The van der Waals surface area contributed by atoms with Crippen molar-refractivity contribution in [1.82, 2.24) is 9.62 Å². The molecule has 120 valence electrons. The second-order valence-electron chi connectivity index (χ2n) is 6.67. The summed E-state index contributed by atoms with van der Waals surface area (Å²) in [5.74, 6) is 0. The quantitative estimate of drug-likeness (QED) is 0.836. The third-order valence-electron chi connectivity index (χ3n) is 3.65. The summed E-state index contributed by atoms with van der Waals surface area (Å²) in [5, 5.41) is 10.1. The van der Waals surface area contributed by atoms with Crippen molar-refractivity contribution in [3.8, 4) is 0 Å². The fourth-order valence-electron chi connectivity index (χ4n) is 1.66. The third-order valence-corrected chi connectivity index (χ3v) is 5.32. The summed E-state index contributed by atoms with van der Waals surface area (Å²) in [5.41, 5.74) is -1.11. The number of hydrogen-bond acceptors (Lipinski definition) is 4. The molecular formula is C15H26N2O3S. The molecular weight excluding hydrogens is 288 g/mol. The predicted molar refractivity (Wildman–Crippen MR) is 84.5 cm³/mol. The molecule has 0 spiro atoms. The van der Waals surface area contributed by atoms with Gasteiger partial charge in [0.2, 0.25) is 10.0 Å². The topological polar surface area (TPSA) is 69.6 Å². The van der Waals surface area contributed by atoms with E-state index in [9.17, 15) is 13.5 Å². The summed E-state index contributed by atoms with van der Waals surface area (Å²) < 4.78 is 27.4. The van der Waals surface area contributed by atoms with Crippen molar-refractivity contribution >= 4 is 10.0 Å². The van der Waals surface area contributed by atoms with Crippen LogP contribution in [-0.4, -0.2) is 43.7 Å². The zero-order chi connectivity index (χ0) is 16.5. The Morgan fingerprint density at radius 1 is 1.10 bits per heavy atom. The van der Waals surface area contributed by atoms with Gasteiger partial charge in [0.15, 0.2) is 0 Å². The first-order valence-corrected chi connectivity index (χ1v) is 8.33. The van der Waals surface area contributed by atoms with E-state index >= 15 is 0 Å². The molecule has 0 bridgehead atoms. The van der Waals surface area contributed by atoms with Crippen LogP contribution in [0.1, 0.15) is 33.3 Å².